The predicted molar refractivity (Wildman–Crippen MR) is 77.1 cm³/mol. The van der Waals surface area contributed by atoms with Gasteiger partial charge in [0.2, 0.25) is 0 Å². The normalized spacial score (nSPS) is 9.71. The number of phenolic OH excluding ortho intramolecular Hbond substituents is 1. The van der Waals surface area contributed by atoms with E-state index in [-0.39, 0.29) is 11.7 Å². The van der Waals surface area contributed by atoms with E-state index >= 15 is 0 Å². The summed E-state index contributed by atoms with van der Waals surface area (Å²) in [4.78, 5) is 13.7. The third-order valence-electron chi connectivity index (χ3n) is 2.18. The van der Waals surface area contributed by atoms with Crippen LogP contribution in [0.5, 0.6) is 5.75 Å². The van der Waals surface area contributed by atoms with E-state index in [4.69, 9.17) is 0 Å². The van der Waals surface area contributed by atoms with Crippen molar-refractivity contribution in [2.45, 2.75) is 0 Å². The number of hydrogen-bond acceptors (Lipinski definition) is 2. The Morgan fingerprint density at radius 1 is 1.35 bits per heavy atom. The lowest BCUT2D eigenvalue weighted by Crippen LogP contribution is -2.31. The van der Waals surface area contributed by atoms with E-state index in [0.717, 1.165) is 3.57 Å². The number of rotatable bonds is 5. The topological polar surface area (TPSA) is 40.5 Å². The molecule has 3 nitrogen and oxygen atoms in total. The van der Waals surface area contributed by atoms with Crippen molar-refractivity contribution in [3.8, 4) is 5.75 Å². The number of nitrogens with zero attached hydrogens (tertiary/aromatic N) is 1. The van der Waals surface area contributed by atoms with Crippen molar-refractivity contribution in [3.63, 3.8) is 0 Å². The highest BCUT2D eigenvalue weighted by Gasteiger charge is 2.17. The van der Waals surface area contributed by atoms with E-state index in [9.17, 15) is 9.90 Å². The largest absolute Gasteiger partial charge is 0.507 e. The van der Waals surface area contributed by atoms with Crippen LogP contribution in [0.2, 0.25) is 0 Å². The number of halogens is 1. The Morgan fingerprint density at radius 3 is 2.47 bits per heavy atom. The Hall–Kier alpha value is -1.30. The molecule has 1 aromatic carbocycles. The van der Waals surface area contributed by atoms with Gasteiger partial charge < -0.3 is 10.0 Å². The van der Waals surface area contributed by atoms with E-state index in [1.807, 2.05) is 0 Å². The molecule has 0 bridgehead atoms. The summed E-state index contributed by atoms with van der Waals surface area (Å²) in [5, 5.41) is 9.69. The molecule has 0 spiro atoms. The molecule has 1 rings (SSSR count). The second-order valence-electron chi connectivity index (χ2n) is 3.45. The van der Waals surface area contributed by atoms with Crippen molar-refractivity contribution in [1.29, 1.82) is 0 Å². The fourth-order valence-electron chi connectivity index (χ4n) is 1.40. The zero-order valence-corrected chi connectivity index (χ0v) is 11.6. The van der Waals surface area contributed by atoms with Crippen molar-refractivity contribution in [1.82, 2.24) is 4.90 Å². The lowest BCUT2D eigenvalue weighted by atomic mass is 10.1. The third kappa shape index (κ3) is 3.59. The molecule has 0 aliphatic rings. The first kappa shape index (κ1) is 13.8. The highest BCUT2D eigenvalue weighted by molar-refractivity contribution is 14.1. The summed E-state index contributed by atoms with van der Waals surface area (Å²) in [5.41, 5.74) is 0.306. The second kappa shape index (κ2) is 6.44. The molecular weight excluding hydrogens is 329 g/mol. The third-order valence-corrected chi connectivity index (χ3v) is 2.85. The number of amides is 1. The fourth-order valence-corrected chi connectivity index (χ4v) is 1.89. The first-order valence-corrected chi connectivity index (χ1v) is 6.17. The molecule has 0 atom stereocenters. The molecule has 0 radical (unpaired) electrons. The second-order valence-corrected chi connectivity index (χ2v) is 4.69. The highest BCUT2D eigenvalue weighted by atomic mass is 127. The average Bonchev–Trinajstić information content (AvgIpc) is 2.31. The van der Waals surface area contributed by atoms with Crippen LogP contribution in [0.4, 0.5) is 0 Å². The highest BCUT2D eigenvalue weighted by Crippen LogP contribution is 2.21. The number of carbonyl (C=O) groups excluding carboxylic acids is 1. The van der Waals surface area contributed by atoms with Crippen molar-refractivity contribution < 1.29 is 9.90 Å². The maximum absolute atomic E-state index is 12.2. The molecule has 0 heterocycles. The molecule has 0 aromatic heterocycles. The van der Waals surface area contributed by atoms with Crippen molar-refractivity contribution >= 4 is 28.5 Å². The quantitative estimate of drug-likeness (QED) is 0.660. The molecule has 1 amide bonds. The molecule has 90 valence electrons. The van der Waals surface area contributed by atoms with Crippen LogP contribution >= 0.6 is 22.6 Å². The van der Waals surface area contributed by atoms with Gasteiger partial charge in [0.1, 0.15) is 5.75 Å². The molecule has 0 unspecified atom stereocenters. The van der Waals surface area contributed by atoms with E-state index in [0.29, 0.717) is 18.7 Å². The van der Waals surface area contributed by atoms with Gasteiger partial charge in [-0.2, -0.15) is 0 Å². The minimum atomic E-state index is -0.221. The summed E-state index contributed by atoms with van der Waals surface area (Å²) >= 11 is 2.10. The smallest absolute Gasteiger partial charge is 0.258 e. The minimum absolute atomic E-state index is 0.00598. The van der Waals surface area contributed by atoms with Crippen LogP contribution in [-0.4, -0.2) is 29.0 Å². The summed E-state index contributed by atoms with van der Waals surface area (Å²) in [5.74, 6) is -0.227. The molecule has 1 N–H and O–H groups in total. The summed E-state index contributed by atoms with van der Waals surface area (Å²) in [6, 6.07) is 4.93. The number of aromatic hydroxyl groups is 1. The number of hydrogen-bond donors (Lipinski definition) is 1. The van der Waals surface area contributed by atoms with E-state index in [1.54, 1.807) is 29.2 Å². The van der Waals surface area contributed by atoms with Crippen LogP contribution < -0.4 is 0 Å². The number of phenols is 1. The Balaban J connectivity index is 3.03. The Bertz CT molecular complexity index is 433. The lowest BCUT2D eigenvalue weighted by molar-refractivity contribution is 0.0788. The average molecular weight is 343 g/mol. The van der Waals surface area contributed by atoms with Crippen LogP contribution in [-0.2, 0) is 0 Å². The Labute approximate surface area is 115 Å². The van der Waals surface area contributed by atoms with Crippen LogP contribution in [0.3, 0.4) is 0 Å². The van der Waals surface area contributed by atoms with Gasteiger partial charge in [-0.15, -0.1) is 13.2 Å². The molecule has 4 heteroatoms. The van der Waals surface area contributed by atoms with Gasteiger partial charge in [0, 0.05) is 16.7 Å². The zero-order valence-electron chi connectivity index (χ0n) is 9.40. The van der Waals surface area contributed by atoms with Gasteiger partial charge in [-0.3, -0.25) is 4.79 Å². The fraction of sp³-hybridized carbons (Fsp3) is 0.154. The van der Waals surface area contributed by atoms with E-state index in [1.165, 1.54) is 6.07 Å². The van der Waals surface area contributed by atoms with Gasteiger partial charge in [-0.1, -0.05) is 12.2 Å². The van der Waals surface area contributed by atoms with Crippen molar-refractivity contribution in [3.05, 3.63) is 52.6 Å². The predicted octanol–water partition coefficient (Wildman–Crippen LogP) is 2.81. The van der Waals surface area contributed by atoms with Crippen LogP contribution in [0, 0.1) is 3.57 Å². The van der Waals surface area contributed by atoms with Crippen molar-refractivity contribution in [2.75, 3.05) is 13.1 Å². The molecule has 0 fully saturated rings. The monoisotopic (exact) mass is 343 g/mol. The maximum atomic E-state index is 12.2. The van der Waals surface area contributed by atoms with Gasteiger partial charge in [0.25, 0.3) is 5.91 Å². The number of benzene rings is 1. The van der Waals surface area contributed by atoms with Gasteiger partial charge in [0.05, 0.1) is 5.56 Å². The molecular formula is C13H14INO2. The molecule has 0 aliphatic carbocycles. The first-order valence-electron chi connectivity index (χ1n) is 5.09. The van der Waals surface area contributed by atoms with Gasteiger partial charge in [-0.25, -0.2) is 0 Å². The zero-order chi connectivity index (χ0) is 12.8. The van der Waals surface area contributed by atoms with Crippen molar-refractivity contribution in [2.24, 2.45) is 0 Å². The van der Waals surface area contributed by atoms with Crippen LogP contribution in [0.15, 0.2) is 43.5 Å². The Kier molecular flexibility index (Phi) is 5.21. The minimum Gasteiger partial charge on any atom is -0.507 e. The SMILES string of the molecule is C=CCN(CC=C)C(=O)c1cc(I)ccc1O. The summed E-state index contributed by atoms with van der Waals surface area (Å²) in [7, 11) is 0. The van der Waals surface area contributed by atoms with Crippen LogP contribution in [0.25, 0.3) is 0 Å². The maximum Gasteiger partial charge on any atom is 0.258 e. The molecule has 0 aliphatic heterocycles. The molecule has 0 saturated heterocycles. The van der Waals surface area contributed by atoms with E-state index < -0.39 is 0 Å². The van der Waals surface area contributed by atoms with Crippen LogP contribution in [0.1, 0.15) is 10.4 Å². The Morgan fingerprint density at radius 2 is 1.94 bits per heavy atom. The first-order chi connectivity index (χ1) is 8.10. The molecule has 1 aromatic rings. The van der Waals surface area contributed by atoms with Gasteiger partial charge in [-0.05, 0) is 40.8 Å². The van der Waals surface area contributed by atoms with Gasteiger partial charge in [0.15, 0.2) is 0 Å². The van der Waals surface area contributed by atoms with Gasteiger partial charge >= 0.3 is 0 Å². The van der Waals surface area contributed by atoms with E-state index in [2.05, 4.69) is 35.7 Å². The summed E-state index contributed by atoms with van der Waals surface area (Å²) in [6.45, 7) is 8.07. The standard InChI is InChI=1S/C13H14INO2/c1-3-7-15(8-4-2)13(17)11-9-10(14)5-6-12(11)16/h3-6,9,16H,1-2,7-8H2. The molecule has 17 heavy (non-hydrogen) atoms. The number of carbonyl (C=O) groups is 1. The lowest BCUT2D eigenvalue weighted by Gasteiger charge is -2.19. The summed E-state index contributed by atoms with van der Waals surface area (Å²) in [6.07, 6.45) is 3.29. The summed E-state index contributed by atoms with van der Waals surface area (Å²) < 4.78 is 0.904. The molecule has 0 saturated carbocycles.